The maximum absolute atomic E-state index is 14.3. The lowest BCUT2D eigenvalue weighted by molar-refractivity contribution is -0.132. The fraction of sp³-hybridized carbons (Fsp3) is 0.524. The van der Waals surface area contributed by atoms with Crippen molar-refractivity contribution in [3.05, 3.63) is 51.3 Å². The van der Waals surface area contributed by atoms with Gasteiger partial charge in [0.25, 0.3) is 0 Å². The number of amides is 1. The van der Waals surface area contributed by atoms with Crippen LogP contribution in [0.25, 0.3) is 0 Å². The van der Waals surface area contributed by atoms with Crippen molar-refractivity contribution in [1.29, 1.82) is 0 Å². The van der Waals surface area contributed by atoms with E-state index in [1.54, 1.807) is 18.7 Å². The van der Waals surface area contributed by atoms with Gasteiger partial charge in [-0.1, -0.05) is 0 Å². The summed E-state index contributed by atoms with van der Waals surface area (Å²) in [5, 5.41) is 0. The third kappa shape index (κ3) is 3.47. The summed E-state index contributed by atoms with van der Waals surface area (Å²) in [4.78, 5) is 14.9. The quantitative estimate of drug-likeness (QED) is 0.529. The van der Waals surface area contributed by atoms with Crippen LogP contribution in [-0.4, -0.2) is 46.2 Å². The van der Waals surface area contributed by atoms with E-state index >= 15 is 0 Å². The van der Waals surface area contributed by atoms with Crippen molar-refractivity contribution < 1.29 is 22.7 Å². The van der Waals surface area contributed by atoms with Gasteiger partial charge in [0.15, 0.2) is 16.4 Å². The first kappa shape index (κ1) is 21.1. The molecule has 0 N–H and O–H groups in total. The Bertz CT molecular complexity index is 1050. The number of hydrogen-bond donors (Lipinski definition) is 0. The van der Waals surface area contributed by atoms with Crippen molar-refractivity contribution in [2.75, 3.05) is 20.3 Å². The molecule has 1 amide bonds. The highest BCUT2D eigenvalue weighted by atomic mass is 32.1. The van der Waals surface area contributed by atoms with Gasteiger partial charge in [-0.2, -0.15) is 0 Å². The number of methoxy groups -OCH3 is 1. The minimum Gasteiger partial charge on any atom is -0.383 e. The summed E-state index contributed by atoms with van der Waals surface area (Å²) in [7, 11) is 3.42. The monoisotopic (exact) mass is 439 g/mol. The summed E-state index contributed by atoms with van der Waals surface area (Å²) in [6.07, 6.45) is 2.30. The third-order valence-electron chi connectivity index (χ3n) is 6.29. The van der Waals surface area contributed by atoms with Crippen LogP contribution < -0.4 is 0 Å². The standard InChI is InChI=1S/C21H24F3N3O2S/c1-25-16(9-18(28)26-7-3-4-13(26)11-29-2)17-8-12(10-27(17)21(25)30)19-14(22)5-6-15(23)20(19)24/h5-6,12-13H,3-4,7-11H2,1-2H3/t12-,13-/m0/s1. The molecule has 5 nitrogen and oxygen atoms in total. The van der Waals surface area contributed by atoms with E-state index in [0.29, 0.717) is 24.3 Å². The van der Waals surface area contributed by atoms with Gasteiger partial charge in [0.05, 0.1) is 19.1 Å². The Balaban J connectivity index is 1.61. The van der Waals surface area contributed by atoms with Crippen LogP contribution in [0, 0.1) is 22.2 Å². The SMILES string of the molecule is COC[C@@H]1CCCN1C(=O)Cc1c2n(c(=S)n1C)C[C@@H](c1c(F)ccc(F)c1F)C2. The molecule has 0 radical (unpaired) electrons. The molecule has 3 heterocycles. The first-order valence-corrected chi connectivity index (χ1v) is 10.4. The molecule has 2 aliphatic heterocycles. The molecule has 30 heavy (non-hydrogen) atoms. The molecular weight excluding hydrogens is 415 g/mol. The maximum atomic E-state index is 14.3. The predicted octanol–water partition coefficient (Wildman–Crippen LogP) is 3.49. The number of imidazole rings is 1. The average molecular weight is 440 g/mol. The second kappa shape index (κ2) is 8.19. The van der Waals surface area contributed by atoms with Crippen molar-refractivity contribution in [3.63, 3.8) is 0 Å². The van der Waals surface area contributed by atoms with Crippen molar-refractivity contribution in [2.24, 2.45) is 7.05 Å². The topological polar surface area (TPSA) is 39.4 Å². The lowest BCUT2D eigenvalue weighted by Gasteiger charge is -2.24. The molecule has 9 heteroatoms. The van der Waals surface area contributed by atoms with Gasteiger partial charge in [-0.05, 0) is 43.6 Å². The van der Waals surface area contributed by atoms with E-state index in [4.69, 9.17) is 17.0 Å². The maximum Gasteiger partial charge on any atom is 0.228 e. The summed E-state index contributed by atoms with van der Waals surface area (Å²) in [6, 6.07) is 1.80. The lowest BCUT2D eigenvalue weighted by atomic mass is 9.95. The Kier molecular flexibility index (Phi) is 5.76. The summed E-state index contributed by atoms with van der Waals surface area (Å²) in [5.41, 5.74) is 1.27. The summed E-state index contributed by atoms with van der Waals surface area (Å²) < 4.78 is 51.6. The zero-order chi connectivity index (χ0) is 21.6. The van der Waals surface area contributed by atoms with E-state index in [0.717, 1.165) is 36.4 Å². The fourth-order valence-corrected chi connectivity index (χ4v) is 5.10. The van der Waals surface area contributed by atoms with Crippen molar-refractivity contribution >= 4 is 18.1 Å². The molecule has 0 saturated carbocycles. The average Bonchev–Trinajstić information content (AvgIpc) is 3.40. The van der Waals surface area contributed by atoms with Gasteiger partial charge in [0.2, 0.25) is 5.91 Å². The van der Waals surface area contributed by atoms with E-state index in [-0.39, 0.29) is 30.5 Å². The van der Waals surface area contributed by atoms with Crippen molar-refractivity contribution in [3.8, 4) is 0 Å². The van der Waals surface area contributed by atoms with Crippen LogP contribution in [0.4, 0.5) is 13.2 Å². The fourth-order valence-electron chi connectivity index (χ4n) is 4.80. The Labute approximate surface area is 178 Å². The largest absolute Gasteiger partial charge is 0.383 e. The first-order valence-electron chi connectivity index (χ1n) is 10.0. The molecule has 0 aliphatic carbocycles. The molecule has 2 aliphatic rings. The number of rotatable bonds is 5. The number of likely N-dealkylation sites (tertiary alicyclic amines) is 1. The molecule has 1 saturated heterocycles. The second-order valence-electron chi connectivity index (χ2n) is 8.02. The van der Waals surface area contributed by atoms with E-state index in [1.807, 2.05) is 9.47 Å². The third-order valence-corrected chi connectivity index (χ3v) is 6.78. The van der Waals surface area contributed by atoms with Crippen LogP contribution in [0.5, 0.6) is 0 Å². The highest BCUT2D eigenvalue weighted by Crippen LogP contribution is 2.36. The molecule has 162 valence electrons. The number of carbonyl (C=O) groups excluding carboxylic acids is 1. The molecule has 2 aromatic rings. The van der Waals surface area contributed by atoms with Gasteiger partial charge < -0.3 is 18.8 Å². The Morgan fingerprint density at radius 3 is 2.73 bits per heavy atom. The number of aromatic nitrogens is 2. The van der Waals surface area contributed by atoms with Crippen LogP contribution in [0.1, 0.15) is 35.7 Å². The molecule has 0 bridgehead atoms. The van der Waals surface area contributed by atoms with E-state index in [9.17, 15) is 18.0 Å². The van der Waals surface area contributed by atoms with Crippen LogP contribution in [0.2, 0.25) is 0 Å². The van der Waals surface area contributed by atoms with E-state index in [2.05, 4.69) is 0 Å². The van der Waals surface area contributed by atoms with Gasteiger partial charge in [0, 0.05) is 50.1 Å². The smallest absolute Gasteiger partial charge is 0.228 e. The summed E-state index contributed by atoms with van der Waals surface area (Å²) in [6.45, 7) is 1.44. The number of hydrogen-bond acceptors (Lipinski definition) is 3. The highest BCUT2D eigenvalue weighted by Gasteiger charge is 2.35. The molecular formula is C21H24F3N3O2S. The number of ether oxygens (including phenoxy) is 1. The zero-order valence-electron chi connectivity index (χ0n) is 17.0. The normalized spacial score (nSPS) is 20.8. The molecule has 1 fully saturated rings. The number of carbonyl (C=O) groups is 1. The number of benzene rings is 1. The second-order valence-corrected chi connectivity index (χ2v) is 8.38. The van der Waals surface area contributed by atoms with Gasteiger partial charge in [-0.25, -0.2) is 13.2 Å². The van der Waals surface area contributed by atoms with E-state index < -0.39 is 23.4 Å². The van der Waals surface area contributed by atoms with Gasteiger partial charge >= 0.3 is 0 Å². The molecule has 2 atom stereocenters. The zero-order valence-corrected chi connectivity index (χ0v) is 17.8. The van der Waals surface area contributed by atoms with Gasteiger partial charge in [-0.3, -0.25) is 4.79 Å². The minimum absolute atomic E-state index is 0.0138. The Hall–Kier alpha value is -2.13. The predicted molar refractivity (Wildman–Crippen MR) is 107 cm³/mol. The number of nitrogens with zero attached hydrogens (tertiary/aromatic N) is 3. The van der Waals surface area contributed by atoms with Crippen LogP contribution in [-0.2, 0) is 36.0 Å². The Morgan fingerprint density at radius 2 is 2.00 bits per heavy atom. The van der Waals surface area contributed by atoms with E-state index in [1.165, 1.54) is 0 Å². The van der Waals surface area contributed by atoms with Crippen LogP contribution >= 0.6 is 12.2 Å². The lowest BCUT2D eigenvalue weighted by Crippen LogP contribution is -2.39. The number of halogens is 3. The molecule has 0 spiro atoms. The number of fused-ring (bicyclic) bond motifs is 1. The van der Waals surface area contributed by atoms with Gasteiger partial charge in [0.1, 0.15) is 5.82 Å². The van der Waals surface area contributed by atoms with Crippen LogP contribution in [0.15, 0.2) is 12.1 Å². The van der Waals surface area contributed by atoms with Gasteiger partial charge in [-0.15, -0.1) is 0 Å². The van der Waals surface area contributed by atoms with Crippen LogP contribution in [0.3, 0.4) is 0 Å². The molecule has 1 aromatic heterocycles. The summed E-state index contributed by atoms with van der Waals surface area (Å²) >= 11 is 5.51. The molecule has 0 unspecified atom stereocenters. The van der Waals surface area contributed by atoms with Crippen molar-refractivity contribution in [2.45, 2.75) is 44.2 Å². The molecule has 4 rings (SSSR count). The minimum atomic E-state index is -1.15. The summed E-state index contributed by atoms with van der Waals surface area (Å²) in [5.74, 6) is -3.57. The first-order chi connectivity index (χ1) is 14.3. The highest BCUT2D eigenvalue weighted by molar-refractivity contribution is 7.71. The Morgan fingerprint density at radius 1 is 1.27 bits per heavy atom. The van der Waals surface area contributed by atoms with Crippen molar-refractivity contribution in [1.82, 2.24) is 14.0 Å². The molecule has 1 aromatic carbocycles.